The number of aliphatic imine (C=N–C) groups is 1. The van der Waals surface area contributed by atoms with E-state index in [2.05, 4.69) is 27.4 Å². The third-order valence-corrected chi connectivity index (χ3v) is 7.21. The van der Waals surface area contributed by atoms with E-state index in [1.165, 1.54) is 37.1 Å². The summed E-state index contributed by atoms with van der Waals surface area (Å²) in [6, 6.07) is 0. The molecule has 3 rings (SSSR count). The van der Waals surface area contributed by atoms with E-state index < -0.39 is 0 Å². The lowest BCUT2D eigenvalue weighted by Crippen LogP contribution is -2.26. The van der Waals surface area contributed by atoms with Crippen molar-refractivity contribution < 1.29 is 0 Å². The van der Waals surface area contributed by atoms with E-state index in [1.54, 1.807) is 0 Å². The highest BCUT2D eigenvalue weighted by molar-refractivity contribution is 8.15. The van der Waals surface area contributed by atoms with Crippen LogP contribution >= 0.6 is 11.8 Å². The zero-order valence-electron chi connectivity index (χ0n) is 11.9. The third kappa shape index (κ3) is 1.97. The normalized spacial score (nSPS) is 43.0. The van der Waals surface area contributed by atoms with Crippen molar-refractivity contribution in [3.63, 3.8) is 0 Å². The number of thioether (sulfide) groups is 1. The van der Waals surface area contributed by atoms with E-state index in [4.69, 9.17) is 4.99 Å². The molecule has 0 aromatic heterocycles. The predicted molar refractivity (Wildman–Crippen MR) is 81.0 cm³/mol. The maximum absolute atomic E-state index is 4.80. The standard InChI is InChI=1S/C16H25NS/c1-10(2)16(4)11(3)17-15(18-16)9-14-8-12-5-6-13(14)7-12/h10,12-14H,3,5-9H2,1-2,4H3/t12-,13+,14-,16+/m0/s1. The molecule has 0 spiro atoms. The van der Waals surface area contributed by atoms with Gasteiger partial charge in [0.15, 0.2) is 0 Å². The molecule has 2 fully saturated rings. The van der Waals surface area contributed by atoms with E-state index in [0.29, 0.717) is 5.92 Å². The van der Waals surface area contributed by atoms with Crippen molar-refractivity contribution in [2.45, 2.75) is 57.6 Å². The van der Waals surface area contributed by atoms with Crippen LogP contribution in [0.3, 0.4) is 0 Å². The fraction of sp³-hybridized carbons (Fsp3) is 0.812. The van der Waals surface area contributed by atoms with Crippen LogP contribution in [0.2, 0.25) is 0 Å². The second kappa shape index (κ2) is 4.40. The summed E-state index contributed by atoms with van der Waals surface area (Å²) < 4.78 is 0.146. The Morgan fingerprint density at radius 3 is 2.67 bits per heavy atom. The summed E-state index contributed by atoms with van der Waals surface area (Å²) >= 11 is 1.99. The molecule has 0 unspecified atom stereocenters. The molecule has 1 heterocycles. The smallest absolute Gasteiger partial charge is 0.0747 e. The zero-order valence-corrected chi connectivity index (χ0v) is 12.7. The van der Waals surface area contributed by atoms with Gasteiger partial charge in [0.2, 0.25) is 0 Å². The maximum Gasteiger partial charge on any atom is 0.0747 e. The molecule has 0 aromatic carbocycles. The maximum atomic E-state index is 4.80. The molecule has 0 aromatic rings. The second-order valence-electron chi connectivity index (χ2n) is 6.96. The molecule has 2 saturated carbocycles. The first-order chi connectivity index (χ1) is 8.49. The average molecular weight is 263 g/mol. The molecule has 3 aliphatic rings. The van der Waals surface area contributed by atoms with Gasteiger partial charge in [-0.2, -0.15) is 0 Å². The average Bonchev–Trinajstić information content (AvgIpc) is 2.95. The summed E-state index contributed by atoms with van der Waals surface area (Å²) in [4.78, 5) is 4.80. The van der Waals surface area contributed by atoms with E-state index in [1.807, 2.05) is 11.8 Å². The Bertz CT molecular complexity index is 398. The molecule has 0 radical (unpaired) electrons. The van der Waals surface area contributed by atoms with Gasteiger partial charge in [0.1, 0.15) is 0 Å². The van der Waals surface area contributed by atoms with Crippen LogP contribution in [0.5, 0.6) is 0 Å². The molecular weight excluding hydrogens is 238 g/mol. The Labute approximate surface area is 116 Å². The number of nitrogens with zero attached hydrogens (tertiary/aromatic N) is 1. The van der Waals surface area contributed by atoms with Crippen molar-refractivity contribution >= 4 is 16.8 Å². The molecule has 18 heavy (non-hydrogen) atoms. The monoisotopic (exact) mass is 263 g/mol. The Morgan fingerprint density at radius 2 is 2.17 bits per heavy atom. The Kier molecular flexibility index (Phi) is 3.12. The summed E-state index contributed by atoms with van der Waals surface area (Å²) in [6.45, 7) is 11.1. The Hall–Kier alpha value is -0.240. The molecular formula is C16H25NS. The molecule has 0 amide bonds. The van der Waals surface area contributed by atoms with Crippen molar-refractivity contribution in [3.8, 4) is 0 Å². The fourth-order valence-corrected chi connectivity index (χ4v) is 5.32. The SMILES string of the molecule is C=C1N=C(C[C@@H]2C[C@H]3CC[C@@H]2C3)S[C@]1(C)C(C)C. The van der Waals surface area contributed by atoms with Crippen molar-refractivity contribution in [1.29, 1.82) is 0 Å². The minimum Gasteiger partial charge on any atom is -0.250 e. The molecule has 2 aliphatic carbocycles. The van der Waals surface area contributed by atoms with E-state index >= 15 is 0 Å². The lowest BCUT2D eigenvalue weighted by Gasteiger charge is -2.28. The van der Waals surface area contributed by atoms with Crippen molar-refractivity contribution in [3.05, 3.63) is 12.3 Å². The predicted octanol–water partition coefficient (Wildman–Crippen LogP) is 4.89. The summed E-state index contributed by atoms with van der Waals surface area (Å²) in [5.41, 5.74) is 1.10. The van der Waals surface area contributed by atoms with Crippen molar-refractivity contribution in [1.82, 2.24) is 0 Å². The van der Waals surface area contributed by atoms with E-state index in [9.17, 15) is 0 Å². The van der Waals surface area contributed by atoms with Crippen LogP contribution in [0.15, 0.2) is 17.3 Å². The summed E-state index contributed by atoms with van der Waals surface area (Å²) in [5.74, 6) is 3.60. The van der Waals surface area contributed by atoms with Crippen LogP contribution in [0, 0.1) is 23.7 Å². The number of fused-ring (bicyclic) bond motifs is 2. The van der Waals surface area contributed by atoms with Gasteiger partial charge in [0, 0.05) is 0 Å². The first-order valence-electron chi connectivity index (χ1n) is 7.45. The second-order valence-corrected chi connectivity index (χ2v) is 8.48. The van der Waals surface area contributed by atoms with Crippen LogP contribution in [-0.2, 0) is 0 Å². The minimum atomic E-state index is 0.146. The van der Waals surface area contributed by atoms with Gasteiger partial charge in [0.25, 0.3) is 0 Å². The lowest BCUT2D eigenvalue weighted by molar-refractivity contribution is 0.344. The summed E-state index contributed by atoms with van der Waals surface area (Å²) in [7, 11) is 0. The van der Waals surface area contributed by atoms with Crippen molar-refractivity contribution in [2.75, 3.05) is 0 Å². The fourth-order valence-electron chi connectivity index (χ4n) is 3.98. The van der Waals surface area contributed by atoms with Gasteiger partial charge in [-0.15, -0.1) is 0 Å². The molecule has 1 nitrogen and oxygen atoms in total. The molecule has 0 saturated heterocycles. The summed E-state index contributed by atoms with van der Waals surface area (Å²) in [5, 5.41) is 1.37. The first-order valence-corrected chi connectivity index (χ1v) is 8.26. The topological polar surface area (TPSA) is 12.4 Å². The Morgan fingerprint density at radius 1 is 1.39 bits per heavy atom. The number of hydrogen-bond donors (Lipinski definition) is 0. The van der Waals surface area contributed by atoms with E-state index in [0.717, 1.165) is 23.5 Å². The molecule has 2 bridgehead atoms. The van der Waals surface area contributed by atoms with Gasteiger partial charge in [-0.25, -0.2) is 0 Å². The van der Waals surface area contributed by atoms with Crippen molar-refractivity contribution in [2.24, 2.45) is 28.7 Å². The van der Waals surface area contributed by atoms with Gasteiger partial charge < -0.3 is 0 Å². The molecule has 4 atom stereocenters. The van der Waals surface area contributed by atoms with Gasteiger partial charge >= 0.3 is 0 Å². The van der Waals surface area contributed by atoms with Crippen LogP contribution in [0.1, 0.15) is 52.9 Å². The molecule has 0 N–H and O–H groups in total. The zero-order chi connectivity index (χ0) is 12.9. The largest absolute Gasteiger partial charge is 0.250 e. The number of hydrogen-bond acceptors (Lipinski definition) is 2. The van der Waals surface area contributed by atoms with Gasteiger partial charge in [-0.3, -0.25) is 4.99 Å². The van der Waals surface area contributed by atoms with Gasteiger partial charge in [0.05, 0.1) is 15.5 Å². The summed E-state index contributed by atoms with van der Waals surface area (Å²) in [6.07, 6.45) is 7.18. The van der Waals surface area contributed by atoms with Crippen LogP contribution in [-0.4, -0.2) is 9.79 Å². The van der Waals surface area contributed by atoms with E-state index in [-0.39, 0.29) is 4.75 Å². The molecule has 1 aliphatic heterocycles. The lowest BCUT2D eigenvalue weighted by atomic mass is 9.87. The highest BCUT2D eigenvalue weighted by Gasteiger charge is 2.43. The van der Waals surface area contributed by atoms with Gasteiger partial charge in [-0.05, 0) is 56.3 Å². The highest BCUT2D eigenvalue weighted by atomic mass is 32.2. The Balaban J connectivity index is 1.65. The van der Waals surface area contributed by atoms with Crippen LogP contribution < -0.4 is 0 Å². The molecule has 2 heteroatoms. The quantitative estimate of drug-likeness (QED) is 0.706. The number of rotatable bonds is 3. The van der Waals surface area contributed by atoms with Crippen LogP contribution in [0.4, 0.5) is 0 Å². The third-order valence-electron chi connectivity index (χ3n) is 5.59. The minimum absolute atomic E-state index is 0.146. The molecule has 100 valence electrons. The van der Waals surface area contributed by atoms with Crippen LogP contribution in [0.25, 0.3) is 0 Å². The first kappa shape index (κ1) is 12.8. The highest BCUT2D eigenvalue weighted by Crippen LogP contribution is 2.52. The van der Waals surface area contributed by atoms with Gasteiger partial charge in [-0.1, -0.05) is 38.6 Å².